The van der Waals surface area contributed by atoms with Crippen molar-refractivity contribution in [1.82, 2.24) is 15.2 Å². The van der Waals surface area contributed by atoms with Crippen LogP contribution in [0.5, 0.6) is 0 Å². The fourth-order valence-electron chi connectivity index (χ4n) is 3.97. The van der Waals surface area contributed by atoms with Crippen LogP contribution in [0, 0.1) is 15.5 Å². The molecule has 2 aliphatic rings. The third-order valence-electron chi connectivity index (χ3n) is 5.57. The number of aromatic nitrogens is 1. The maximum absolute atomic E-state index is 13.1. The van der Waals surface area contributed by atoms with Gasteiger partial charge in [-0.05, 0) is 0 Å². The second-order valence-electron chi connectivity index (χ2n) is 8.43. The van der Waals surface area contributed by atoms with Gasteiger partial charge in [-0.15, -0.1) is 0 Å². The van der Waals surface area contributed by atoms with Crippen LogP contribution < -0.4 is 49.1 Å². The number of thiazole rings is 1. The minimum Gasteiger partial charge on any atom is -0.480 e. The third-order valence-corrected chi connectivity index (χ3v) is 9.96. The molecule has 3 heterocycles. The number of fused-ring (bicyclic) bond motifs is 1. The predicted molar refractivity (Wildman–Crippen MR) is 135 cm³/mol. The van der Waals surface area contributed by atoms with Gasteiger partial charge in [0.1, 0.15) is 0 Å². The Labute approximate surface area is 252 Å². The van der Waals surface area contributed by atoms with Gasteiger partial charge < -0.3 is 5.11 Å². The molecule has 0 spiro atoms. The quantitative estimate of drug-likeness (QED) is 0.0607. The standard InChI is InChI=1S/C21H22N6O7S2Se.Na/c1-21(2)15(19(30)31)26-17(29)14(18(26)36-21)24-16(28)13(10-9-35-20(22)23-10)25-34-7-8-37-12-6-4-3-5-11(12)27(32)33;/h3-6,9,14-15,18H,7-8H2,1-2H3,(H4,22,23,24,28,30,31);/q;+1/p-1/b25-13+;/t14-,15+,18-;/m1./s1. The van der Waals surface area contributed by atoms with Crippen molar-refractivity contribution in [3.05, 3.63) is 50.3 Å². The molecule has 17 heteroatoms. The zero-order valence-electron chi connectivity index (χ0n) is 20.4. The Balaban J connectivity index is 0.00000400. The summed E-state index contributed by atoms with van der Waals surface area (Å²) in [6, 6.07) is 4.48. The molecular weight excluding hydrogens is 614 g/mol. The monoisotopic (exact) mass is 636 g/mol. The van der Waals surface area contributed by atoms with Crippen molar-refractivity contribution in [1.29, 1.82) is 5.41 Å². The summed E-state index contributed by atoms with van der Waals surface area (Å²) in [4.78, 5) is 58.8. The third kappa shape index (κ3) is 6.16. The number of hydrogen-bond acceptors (Lipinski definition) is 10. The van der Waals surface area contributed by atoms with Gasteiger partial charge in [-0.2, -0.15) is 0 Å². The van der Waals surface area contributed by atoms with Gasteiger partial charge in [-0.25, -0.2) is 4.79 Å². The number of nitrogens with zero attached hydrogens (tertiary/aromatic N) is 4. The van der Waals surface area contributed by atoms with Gasteiger partial charge in [0.2, 0.25) is 0 Å². The van der Waals surface area contributed by atoms with Crippen LogP contribution >= 0.6 is 23.1 Å². The Morgan fingerprint density at radius 2 is 2.11 bits per heavy atom. The number of carboxylic acid groups (broad SMARTS) is 1. The smallest absolute Gasteiger partial charge is 0.480 e. The first kappa shape index (κ1) is 30.3. The fourth-order valence-corrected chi connectivity index (χ4v) is 7.90. The van der Waals surface area contributed by atoms with Crippen LogP contribution in [0.25, 0.3) is 0 Å². The van der Waals surface area contributed by atoms with E-state index >= 15 is 0 Å². The van der Waals surface area contributed by atoms with Crippen LogP contribution in [-0.2, 0) is 19.2 Å². The number of hydrogen-bond donors (Lipinski definition) is 3. The summed E-state index contributed by atoms with van der Waals surface area (Å²) in [5.41, 5.74) is -0.0896. The van der Waals surface area contributed by atoms with Gasteiger partial charge in [0.15, 0.2) is 0 Å². The number of β-lactam (4-membered cyclic amide) rings is 1. The number of rotatable bonds is 10. The zero-order chi connectivity index (χ0) is 26.9. The number of carbonyl (C=O) groups excluding carboxylic acids is 2. The van der Waals surface area contributed by atoms with Crippen LogP contribution in [0.3, 0.4) is 0 Å². The number of nitro groups is 1. The van der Waals surface area contributed by atoms with Crippen LogP contribution in [0.4, 0.5) is 5.69 Å². The van der Waals surface area contributed by atoms with Gasteiger partial charge in [-0.1, -0.05) is 0 Å². The molecule has 1 aromatic carbocycles. The molecule has 2 aliphatic heterocycles. The van der Waals surface area contributed by atoms with E-state index in [1.165, 1.54) is 28.1 Å². The number of oxime groups is 1. The molecule has 0 radical (unpaired) electrons. The SMILES string of the molecule is CC1(C)S[C@@H]2[C@H](NC(=O)/C(=N/OCC[Se]c3ccccc3[N+](=O)[O-])c3csc(=N)[n-]3)C(=O)N2[C@H]1C(=O)O.[Na+]. The van der Waals surface area contributed by atoms with E-state index in [1.54, 1.807) is 32.0 Å². The van der Waals surface area contributed by atoms with E-state index in [1.807, 2.05) is 0 Å². The summed E-state index contributed by atoms with van der Waals surface area (Å²) in [5.74, 6) is -2.36. The number of amides is 2. The van der Waals surface area contributed by atoms with Crippen molar-refractivity contribution in [3.63, 3.8) is 0 Å². The molecule has 13 nitrogen and oxygen atoms in total. The molecule has 0 saturated carbocycles. The number of carbonyl (C=O) groups is 3. The summed E-state index contributed by atoms with van der Waals surface area (Å²) >= 11 is 2.01. The molecule has 0 unspecified atom stereocenters. The van der Waals surface area contributed by atoms with Crippen molar-refractivity contribution in [2.24, 2.45) is 5.16 Å². The number of thioether (sulfide) groups is 1. The molecule has 1 aromatic heterocycles. The Morgan fingerprint density at radius 1 is 1.39 bits per heavy atom. The van der Waals surface area contributed by atoms with E-state index < -0.39 is 44.9 Å². The molecule has 2 saturated heterocycles. The van der Waals surface area contributed by atoms with E-state index in [0.717, 1.165) is 11.3 Å². The number of benzene rings is 1. The predicted octanol–water partition coefficient (Wildman–Crippen LogP) is -3.10. The van der Waals surface area contributed by atoms with Crippen molar-refractivity contribution in [3.8, 4) is 0 Å². The van der Waals surface area contributed by atoms with E-state index in [2.05, 4.69) is 15.5 Å². The van der Waals surface area contributed by atoms with Crippen molar-refractivity contribution >= 4 is 71.7 Å². The fraction of sp³-hybridized carbons (Fsp3) is 0.381. The Morgan fingerprint density at radius 3 is 2.74 bits per heavy atom. The van der Waals surface area contributed by atoms with Gasteiger partial charge >= 0.3 is 245 Å². The number of aliphatic carboxylic acids is 1. The molecule has 2 aromatic rings. The summed E-state index contributed by atoms with van der Waals surface area (Å²) in [5, 5.41) is 36.3. The molecule has 4 rings (SSSR count). The molecule has 2 amide bonds. The molecule has 3 N–H and O–H groups in total. The summed E-state index contributed by atoms with van der Waals surface area (Å²) in [6.07, 6.45) is 0. The molecular formula is C21H21N6NaO7S2Se. The zero-order valence-corrected chi connectivity index (χ0v) is 25.8. The topological polar surface area (TPSA) is 189 Å². The van der Waals surface area contributed by atoms with Crippen LogP contribution in [-0.4, -0.2) is 82.2 Å². The van der Waals surface area contributed by atoms with Crippen LogP contribution in [0.1, 0.15) is 19.5 Å². The number of nitro benzene ring substituents is 1. The van der Waals surface area contributed by atoms with Crippen molar-refractivity contribution < 1.29 is 58.8 Å². The average molecular weight is 636 g/mol. The minimum atomic E-state index is -1.11. The van der Waals surface area contributed by atoms with Gasteiger partial charge in [0.25, 0.3) is 0 Å². The molecule has 0 aliphatic carbocycles. The molecule has 196 valence electrons. The maximum atomic E-state index is 13.1. The van der Waals surface area contributed by atoms with Crippen LogP contribution in [0.15, 0.2) is 34.8 Å². The van der Waals surface area contributed by atoms with E-state index in [0.29, 0.717) is 9.78 Å². The molecule has 2 fully saturated rings. The second kappa shape index (κ2) is 12.3. The van der Waals surface area contributed by atoms with Gasteiger partial charge in [-0.3, -0.25) is 0 Å². The summed E-state index contributed by atoms with van der Waals surface area (Å²) in [6.45, 7) is 3.54. The number of para-hydroxylation sites is 1. The van der Waals surface area contributed by atoms with Crippen LogP contribution in [0.2, 0.25) is 5.32 Å². The molecule has 3 atom stereocenters. The first-order valence-electron chi connectivity index (χ1n) is 10.8. The normalized spacial score (nSPS) is 21.6. The Kier molecular flexibility index (Phi) is 9.84. The molecule has 38 heavy (non-hydrogen) atoms. The Hall–Kier alpha value is -2.20. The van der Waals surface area contributed by atoms with Gasteiger partial charge in [0, 0.05) is 0 Å². The van der Waals surface area contributed by atoms with E-state index in [4.69, 9.17) is 10.2 Å². The average Bonchev–Trinajstić information content (AvgIpc) is 3.37. The second-order valence-corrected chi connectivity index (χ2v) is 13.4. The first-order chi connectivity index (χ1) is 17.5. The summed E-state index contributed by atoms with van der Waals surface area (Å²) in [7, 11) is 0. The summed E-state index contributed by atoms with van der Waals surface area (Å²) < 4.78 is -0.135. The van der Waals surface area contributed by atoms with Gasteiger partial charge in [0.05, 0.1) is 0 Å². The first-order valence-corrected chi connectivity index (χ1v) is 14.6. The van der Waals surface area contributed by atoms with E-state index in [9.17, 15) is 29.6 Å². The Bertz CT molecular complexity index is 1350. The van der Waals surface area contributed by atoms with Crippen molar-refractivity contribution in [2.45, 2.75) is 41.4 Å². The van der Waals surface area contributed by atoms with E-state index in [-0.39, 0.29) is 73.0 Å². The minimum absolute atomic E-state index is 0. The number of carboxylic acids is 1. The number of nitrogens with one attached hydrogen (secondary N) is 2. The van der Waals surface area contributed by atoms with Crippen molar-refractivity contribution in [2.75, 3.05) is 6.61 Å². The molecule has 0 bridgehead atoms.